The average molecular weight is 240 g/mol. The van der Waals surface area contributed by atoms with Gasteiger partial charge in [-0.05, 0) is 44.2 Å². The predicted molar refractivity (Wildman–Crippen MR) is 66.8 cm³/mol. The van der Waals surface area contributed by atoms with Crippen molar-refractivity contribution in [2.75, 3.05) is 39.9 Å². The molecule has 0 aromatic heterocycles. The van der Waals surface area contributed by atoms with E-state index >= 15 is 0 Å². The van der Waals surface area contributed by atoms with E-state index in [1.54, 1.807) is 7.11 Å². The molecule has 0 bridgehead atoms. The monoisotopic (exact) mass is 240 g/mol. The number of nitrogens with zero attached hydrogens (tertiary/aromatic N) is 1. The molecule has 2 fully saturated rings. The van der Waals surface area contributed by atoms with Crippen LogP contribution in [-0.4, -0.2) is 50.7 Å². The number of ether oxygens (including phenoxy) is 1. The van der Waals surface area contributed by atoms with E-state index in [1.165, 1.54) is 0 Å². The Labute approximate surface area is 104 Å². The van der Waals surface area contributed by atoms with Gasteiger partial charge in [0.15, 0.2) is 0 Å². The number of amides is 1. The molecule has 0 atom stereocenters. The number of nitrogens with one attached hydrogen (secondary N) is 1. The number of piperidine rings is 1. The maximum atomic E-state index is 12.0. The molecule has 4 heteroatoms. The Morgan fingerprint density at radius 3 is 2.82 bits per heavy atom. The zero-order valence-corrected chi connectivity index (χ0v) is 10.8. The van der Waals surface area contributed by atoms with Gasteiger partial charge in [-0.3, -0.25) is 4.79 Å². The van der Waals surface area contributed by atoms with Gasteiger partial charge in [-0.2, -0.15) is 0 Å². The summed E-state index contributed by atoms with van der Waals surface area (Å²) < 4.78 is 5.03. The quantitative estimate of drug-likeness (QED) is 0.729. The first-order valence-corrected chi connectivity index (χ1v) is 6.73. The van der Waals surface area contributed by atoms with Gasteiger partial charge in [-0.25, -0.2) is 0 Å². The van der Waals surface area contributed by atoms with Gasteiger partial charge in [0.25, 0.3) is 0 Å². The Morgan fingerprint density at radius 1 is 1.35 bits per heavy atom. The van der Waals surface area contributed by atoms with Gasteiger partial charge in [-0.1, -0.05) is 0 Å². The van der Waals surface area contributed by atoms with Crippen LogP contribution in [0.2, 0.25) is 0 Å². The third-order valence-corrected chi connectivity index (χ3v) is 4.10. The van der Waals surface area contributed by atoms with Crippen LogP contribution in [0, 0.1) is 5.41 Å². The standard InChI is InChI=1S/C13H24N2O2/c1-17-9-3-2-8-15-11-13(10-12(15)16)4-6-14-7-5-13/h14H,2-11H2,1H3. The van der Waals surface area contributed by atoms with Crippen LogP contribution in [0.4, 0.5) is 0 Å². The number of hydrogen-bond donors (Lipinski definition) is 1. The van der Waals surface area contributed by atoms with Crippen LogP contribution in [0.25, 0.3) is 0 Å². The Kier molecular flexibility index (Phi) is 4.40. The van der Waals surface area contributed by atoms with Crippen LogP contribution in [0.3, 0.4) is 0 Å². The molecule has 0 unspecified atom stereocenters. The second-order valence-electron chi connectivity index (χ2n) is 5.44. The molecule has 17 heavy (non-hydrogen) atoms. The van der Waals surface area contributed by atoms with Crippen LogP contribution < -0.4 is 5.32 Å². The second-order valence-corrected chi connectivity index (χ2v) is 5.44. The number of unbranched alkanes of at least 4 members (excludes halogenated alkanes) is 1. The zero-order chi connectivity index (χ0) is 12.1. The van der Waals surface area contributed by atoms with Gasteiger partial charge in [0, 0.05) is 33.2 Å². The zero-order valence-electron chi connectivity index (χ0n) is 10.8. The minimum absolute atomic E-state index is 0.295. The lowest BCUT2D eigenvalue weighted by atomic mass is 9.78. The molecule has 4 nitrogen and oxygen atoms in total. The van der Waals surface area contributed by atoms with Crippen molar-refractivity contribution >= 4 is 5.91 Å². The fourth-order valence-electron chi connectivity index (χ4n) is 3.03. The Balaban J connectivity index is 1.78. The summed E-state index contributed by atoms with van der Waals surface area (Å²) in [5.74, 6) is 0.365. The van der Waals surface area contributed by atoms with Crippen molar-refractivity contribution in [1.29, 1.82) is 0 Å². The lowest BCUT2D eigenvalue weighted by Gasteiger charge is -2.33. The summed E-state index contributed by atoms with van der Waals surface area (Å²) in [4.78, 5) is 14.1. The summed E-state index contributed by atoms with van der Waals surface area (Å²) >= 11 is 0. The van der Waals surface area contributed by atoms with Crippen molar-refractivity contribution in [2.24, 2.45) is 5.41 Å². The molecule has 2 rings (SSSR count). The normalized spacial score (nSPS) is 23.6. The molecule has 0 saturated carbocycles. The van der Waals surface area contributed by atoms with Gasteiger partial charge >= 0.3 is 0 Å². The van der Waals surface area contributed by atoms with Gasteiger partial charge in [-0.15, -0.1) is 0 Å². The van der Waals surface area contributed by atoms with E-state index < -0.39 is 0 Å². The summed E-state index contributed by atoms with van der Waals surface area (Å²) in [6, 6.07) is 0. The van der Waals surface area contributed by atoms with Crippen molar-refractivity contribution in [3.8, 4) is 0 Å². The Morgan fingerprint density at radius 2 is 2.12 bits per heavy atom. The number of rotatable bonds is 5. The summed E-state index contributed by atoms with van der Waals surface area (Å²) in [5, 5.41) is 3.38. The number of carbonyl (C=O) groups is 1. The molecule has 1 N–H and O–H groups in total. The Bertz CT molecular complexity index is 262. The third-order valence-electron chi connectivity index (χ3n) is 4.10. The van der Waals surface area contributed by atoms with Crippen LogP contribution in [0.1, 0.15) is 32.1 Å². The van der Waals surface area contributed by atoms with Gasteiger partial charge in [0.2, 0.25) is 5.91 Å². The maximum Gasteiger partial charge on any atom is 0.223 e. The fourth-order valence-corrected chi connectivity index (χ4v) is 3.03. The van der Waals surface area contributed by atoms with Crippen LogP contribution in [0.15, 0.2) is 0 Å². The molecular formula is C13H24N2O2. The minimum atomic E-state index is 0.295. The van der Waals surface area contributed by atoms with Crippen LogP contribution in [0.5, 0.6) is 0 Å². The molecule has 0 aromatic carbocycles. The van der Waals surface area contributed by atoms with Crippen molar-refractivity contribution < 1.29 is 9.53 Å². The molecular weight excluding hydrogens is 216 g/mol. The first-order valence-electron chi connectivity index (χ1n) is 6.73. The van der Waals surface area contributed by atoms with Crippen LogP contribution in [-0.2, 0) is 9.53 Å². The van der Waals surface area contributed by atoms with E-state index in [1.807, 2.05) is 0 Å². The number of methoxy groups -OCH3 is 1. The molecule has 2 aliphatic rings. The fraction of sp³-hybridized carbons (Fsp3) is 0.923. The predicted octanol–water partition coefficient (Wildman–Crippen LogP) is 1.02. The highest BCUT2D eigenvalue weighted by Gasteiger charge is 2.43. The van der Waals surface area contributed by atoms with E-state index in [0.29, 0.717) is 11.3 Å². The SMILES string of the molecule is COCCCCN1CC2(CCNCC2)CC1=O. The lowest BCUT2D eigenvalue weighted by molar-refractivity contribution is -0.127. The molecule has 2 aliphatic heterocycles. The van der Waals surface area contributed by atoms with Gasteiger partial charge < -0.3 is 15.0 Å². The molecule has 0 aromatic rings. The summed E-state index contributed by atoms with van der Waals surface area (Å²) in [6.07, 6.45) is 5.21. The smallest absolute Gasteiger partial charge is 0.223 e. The summed E-state index contributed by atoms with van der Waals surface area (Å²) in [7, 11) is 1.73. The van der Waals surface area contributed by atoms with E-state index in [-0.39, 0.29) is 0 Å². The lowest BCUT2D eigenvalue weighted by Crippen LogP contribution is -2.38. The van der Waals surface area contributed by atoms with E-state index in [9.17, 15) is 4.79 Å². The summed E-state index contributed by atoms with van der Waals surface area (Å²) in [5.41, 5.74) is 0.295. The molecule has 2 saturated heterocycles. The molecule has 1 spiro atoms. The first-order chi connectivity index (χ1) is 8.26. The van der Waals surface area contributed by atoms with Crippen LogP contribution >= 0.6 is 0 Å². The van der Waals surface area contributed by atoms with Crippen molar-refractivity contribution in [1.82, 2.24) is 10.2 Å². The minimum Gasteiger partial charge on any atom is -0.385 e. The highest BCUT2D eigenvalue weighted by atomic mass is 16.5. The van der Waals surface area contributed by atoms with Crippen molar-refractivity contribution in [3.05, 3.63) is 0 Å². The molecule has 98 valence electrons. The first kappa shape index (κ1) is 12.8. The molecule has 0 aliphatic carbocycles. The number of hydrogen-bond acceptors (Lipinski definition) is 3. The van der Waals surface area contributed by atoms with Crippen molar-refractivity contribution in [2.45, 2.75) is 32.1 Å². The summed E-state index contributed by atoms with van der Waals surface area (Å²) in [6.45, 7) is 4.85. The van der Waals surface area contributed by atoms with E-state index in [2.05, 4.69) is 10.2 Å². The molecule has 0 radical (unpaired) electrons. The molecule has 1 amide bonds. The third kappa shape index (κ3) is 3.19. The average Bonchev–Trinajstić information content (AvgIpc) is 2.62. The second kappa shape index (κ2) is 5.83. The van der Waals surface area contributed by atoms with Gasteiger partial charge in [0.1, 0.15) is 0 Å². The van der Waals surface area contributed by atoms with Gasteiger partial charge in [0.05, 0.1) is 0 Å². The van der Waals surface area contributed by atoms with E-state index in [0.717, 1.165) is 64.9 Å². The molecule has 2 heterocycles. The van der Waals surface area contributed by atoms with E-state index in [4.69, 9.17) is 4.74 Å². The number of likely N-dealkylation sites (tertiary alicyclic amines) is 1. The highest BCUT2D eigenvalue weighted by molar-refractivity contribution is 5.79. The topological polar surface area (TPSA) is 41.6 Å². The van der Waals surface area contributed by atoms with Crippen molar-refractivity contribution in [3.63, 3.8) is 0 Å². The Hall–Kier alpha value is -0.610. The highest BCUT2D eigenvalue weighted by Crippen LogP contribution is 2.39. The largest absolute Gasteiger partial charge is 0.385 e. The maximum absolute atomic E-state index is 12.0. The number of carbonyl (C=O) groups excluding carboxylic acids is 1.